The number of rotatable bonds is 10. The number of aromatic nitrogens is 1. The molecule has 0 fully saturated rings. The molecule has 1 N–H and O–H groups in total. The molecule has 33 heavy (non-hydrogen) atoms. The van der Waals surface area contributed by atoms with Gasteiger partial charge in [0, 0.05) is 6.07 Å². The number of hydrogen-bond donors (Lipinski definition) is 1. The van der Waals surface area contributed by atoms with Gasteiger partial charge in [0.25, 0.3) is 5.91 Å². The second kappa shape index (κ2) is 11.6. The van der Waals surface area contributed by atoms with E-state index in [4.69, 9.17) is 30.3 Å². The van der Waals surface area contributed by atoms with Crippen molar-refractivity contribution in [2.24, 2.45) is 0 Å². The molecule has 9 heteroatoms. The Hall–Kier alpha value is -3.96. The first kappa shape index (κ1) is 23.7. The van der Waals surface area contributed by atoms with E-state index in [9.17, 15) is 10.1 Å². The molecule has 0 aliphatic heterocycles. The summed E-state index contributed by atoms with van der Waals surface area (Å²) in [6, 6.07) is 15.8. The number of carbonyl (C=O) groups excluding carboxylic acids is 1. The van der Waals surface area contributed by atoms with Gasteiger partial charge in [0.1, 0.15) is 36.4 Å². The fourth-order valence-corrected chi connectivity index (χ4v) is 2.98. The molecule has 0 bridgehead atoms. The number of carbonyl (C=O) groups is 1. The highest BCUT2D eigenvalue weighted by molar-refractivity contribution is 6.32. The molecule has 0 saturated carbocycles. The Balaban J connectivity index is 1.66. The number of halogens is 1. The molecular formula is C24H22ClN3O5. The number of aryl methyl sites for hydroxylation is 1. The number of hydrogen-bond acceptors (Lipinski definition) is 7. The van der Waals surface area contributed by atoms with Crippen LogP contribution < -0.4 is 19.5 Å². The van der Waals surface area contributed by atoms with Crippen LogP contribution in [-0.2, 0) is 4.79 Å². The van der Waals surface area contributed by atoms with Crippen LogP contribution in [0.25, 0.3) is 6.08 Å². The minimum atomic E-state index is -0.596. The summed E-state index contributed by atoms with van der Waals surface area (Å²) in [6.45, 7) is 4.52. The van der Waals surface area contributed by atoms with Crippen molar-refractivity contribution in [2.75, 3.05) is 25.1 Å². The largest absolute Gasteiger partial charge is 0.490 e. The second-order valence-electron chi connectivity index (χ2n) is 6.71. The minimum absolute atomic E-state index is 0.0973. The SMILES string of the molecule is CCOc1cc(C=C(C#N)C(=O)Nc2cc(C)on2)ccc1OCCOc1ccccc1Cl. The lowest BCUT2D eigenvalue weighted by molar-refractivity contribution is -0.112. The number of amides is 1. The van der Waals surface area contributed by atoms with Crippen LogP contribution in [-0.4, -0.2) is 30.9 Å². The molecule has 0 aliphatic carbocycles. The Labute approximate surface area is 196 Å². The van der Waals surface area contributed by atoms with E-state index in [1.165, 1.54) is 6.08 Å². The van der Waals surface area contributed by atoms with Crippen LogP contribution in [0.1, 0.15) is 18.2 Å². The van der Waals surface area contributed by atoms with Gasteiger partial charge in [-0.3, -0.25) is 4.79 Å². The topological polar surface area (TPSA) is 107 Å². The van der Waals surface area contributed by atoms with Crippen molar-refractivity contribution in [3.05, 3.63) is 70.5 Å². The number of para-hydroxylation sites is 1. The van der Waals surface area contributed by atoms with Crippen LogP contribution in [0.15, 0.2) is 58.6 Å². The van der Waals surface area contributed by atoms with Crippen molar-refractivity contribution in [3.63, 3.8) is 0 Å². The third-order valence-corrected chi connectivity index (χ3v) is 4.56. The number of nitriles is 1. The van der Waals surface area contributed by atoms with E-state index in [1.54, 1.807) is 43.3 Å². The van der Waals surface area contributed by atoms with Crippen LogP contribution in [0, 0.1) is 18.3 Å². The molecule has 2 aromatic carbocycles. The molecule has 1 amide bonds. The van der Waals surface area contributed by atoms with E-state index in [1.807, 2.05) is 25.1 Å². The monoisotopic (exact) mass is 467 g/mol. The quantitative estimate of drug-likeness (QED) is 0.253. The molecule has 1 aromatic heterocycles. The van der Waals surface area contributed by atoms with E-state index >= 15 is 0 Å². The van der Waals surface area contributed by atoms with Crippen molar-refractivity contribution >= 4 is 29.4 Å². The van der Waals surface area contributed by atoms with Gasteiger partial charge in [-0.2, -0.15) is 5.26 Å². The van der Waals surface area contributed by atoms with E-state index in [-0.39, 0.29) is 24.6 Å². The number of nitrogens with one attached hydrogen (secondary N) is 1. The van der Waals surface area contributed by atoms with Crippen LogP contribution in [0.2, 0.25) is 5.02 Å². The molecule has 0 saturated heterocycles. The zero-order valence-electron chi connectivity index (χ0n) is 18.1. The Bertz CT molecular complexity index is 1180. The van der Waals surface area contributed by atoms with Crippen LogP contribution in [0.3, 0.4) is 0 Å². The molecule has 0 spiro atoms. The van der Waals surface area contributed by atoms with E-state index < -0.39 is 5.91 Å². The first-order valence-corrected chi connectivity index (χ1v) is 10.5. The average molecular weight is 468 g/mol. The molecule has 0 radical (unpaired) electrons. The van der Waals surface area contributed by atoms with Gasteiger partial charge in [0.15, 0.2) is 17.3 Å². The summed E-state index contributed by atoms with van der Waals surface area (Å²) in [4.78, 5) is 12.4. The molecule has 3 rings (SSSR count). The highest BCUT2D eigenvalue weighted by Gasteiger charge is 2.13. The molecule has 3 aromatic rings. The lowest BCUT2D eigenvalue weighted by Crippen LogP contribution is -2.13. The smallest absolute Gasteiger partial charge is 0.267 e. The third-order valence-electron chi connectivity index (χ3n) is 4.25. The molecular weight excluding hydrogens is 446 g/mol. The lowest BCUT2D eigenvalue weighted by Gasteiger charge is -2.13. The number of nitrogens with zero attached hydrogens (tertiary/aromatic N) is 2. The lowest BCUT2D eigenvalue weighted by atomic mass is 10.1. The summed E-state index contributed by atoms with van der Waals surface area (Å²) in [5.74, 6) is 1.75. The van der Waals surface area contributed by atoms with Gasteiger partial charge in [-0.05, 0) is 49.8 Å². The zero-order chi connectivity index (χ0) is 23.6. The summed E-state index contributed by atoms with van der Waals surface area (Å²) >= 11 is 6.08. The summed E-state index contributed by atoms with van der Waals surface area (Å²) in [7, 11) is 0. The predicted molar refractivity (Wildman–Crippen MR) is 124 cm³/mol. The Morgan fingerprint density at radius 2 is 1.88 bits per heavy atom. The zero-order valence-corrected chi connectivity index (χ0v) is 18.9. The van der Waals surface area contributed by atoms with Crippen LogP contribution in [0.4, 0.5) is 5.82 Å². The summed E-state index contributed by atoms with van der Waals surface area (Å²) < 4.78 is 22.0. The first-order chi connectivity index (χ1) is 16.0. The number of anilines is 1. The second-order valence-corrected chi connectivity index (χ2v) is 7.12. The Morgan fingerprint density at radius 3 is 2.55 bits per heavy atom. The fourth-order valence-electron chi connectivity index (χ4n) is 2.79. The first-order valence-electron chi connectivity index (χ1n) is 10.1. The molecule has 1 heterocycles. The fraction of sp³-hybridized carbons (Fsp3) is 0.208. The van der Waals surface area contributed by atoms with E-state index in [0.29, 0.717) is 40.2 Å². The van der Waals surface area contributed by atoms with Gasteiger partial charge in [0.2, 0.25) is 0 Å². The van der Waals surface area contributed by atoms with Crippen molar-refractivity contribution in [1.29, 1.82) is 5.26 Å². The average Bonchev–Trinajstić information content (AvgIpc) is 3.21. The maximum atomic E-state index is 12.4. The van der Waals surface area contributed by atoms with E-state index in [0.717, 1.165) is 0 Å². The molecule has 8 nitrogen and oxygen atoms in total. The van der Waals surface area contributed by atoms with Crippen molar-refractivity contribution in [2.45, 2.75) is 13.8 Å². The molecule has 0 aliphatic rings. The van der Waals surface area contributed by atoms with E-state index in [2.05, 4.69) is 10.5 Å². The minimum Gasteiger partial charge on any atom is -0.490 e. The van der Waals surface area contributed by atoms with Gasteiger partial charge in [-0.15, -0.1) is 0 Å². The van der Waals surface area contributed by atoms with Gasteiger partial charge in [0.05, 0.1) is 11.6 Å². The molecule has 170 valence electrons. The van der Waals surface area contributed by atoms with Crippen LogP contribution >= 0.6 is 11.6 Å². The van der Waals surface area contributed by atoms with Crippen molar-refractivity contribution < 1.29 is 23.5 Å². The van der Waals surface area contributed by atoms with Crippen molar-refractivity contribution in [1.82, 2.24) is 5.16 Å². The number of ether oxygens (including phenoxy) is 3. The van der Waals surface area contributed by atoms with Gasteiger partial charge < -0.3 is 24.1 Å². The standard InChI is InChI=1S/C24H22ClN3O5/c1-3-30-22-14-17(13-18(15-26)24(29)27-23-12-16(2)33-28-23)8-9-21(22)32-11-10-31-20-7-5-4-6-19(20)25/h4-9,12-14H,3,10-11H2,1-2H3,(H,27,28,29). The summed E-state index contributed by atoms with van der Waals surface area (Å²) in [5, 5.41) is 16.2. The normalized spacial score (nSPS) is 10.9. The molecule has 0 atom stereocenters. The maximum absolute atomic E-state index is 12.4. The number of benzene rings is 2. The third kappa shape index (κ3) is 6.76. The van der Waals surface area contributed by atoms with Crippen LogP contribution in [0.5, 0.6) is 17.2 Å². The maximum Gasteiger partial charge on any atom is 0.267 e. The van der Waals surface area contributed by atoms with Gasteiger partial charge in [-0.1, -0.05) is 35.0 Å². The highest BCUT2D eigenvalue weighted by Crippen LogP contribution is 2.30. The van der Waals surface area contributed by atoms with Gasteiger partial charge in [-0.25, -0.2) is 0 Å². The Kier molecular flexibility index (Phi) is 8.33. The predicted octanol–water partition coefficient (Wildman–Crippen LogP) is 5.04. The molecule has 0 unspecified atom stereocenters. The van der Waals surface area contributed by atoms with Crippen molar-refractivity contribution in [3.8, 4) is 23.3 Å². The summed E-state index contributed by atoms with van der Waals surface area (Å²) in [6.07, 6.45) is 1.45. The highest BCUT2D eigenvalue weighted by atomic mass is 35.5. The Morgan fingerprint density at radius 1 is 1.12 bits per heavy atom. The van der Waals surface area contributed by atoms with Gasteiger partial charge >= 0.3 is 0 Å². The summed E-state index contributed by atoms with van der Waals surface area (Å²) in [5.41, 5.74) is 0.501.